The van der Waals surface area contributed by atoms with Gasteiger partial charge >= 0.3 is 0 Å². The molecule has 5 nitrogen and oxygen atoms in total. The van der Waals surface area contributed by atoms with E-state index >= 15 is 0 Å². The van der Waals surface area contributed by atoms with Gasteiger partial charge in [0.2, 0.25) is 0 Å². The average molecular weight is 340 g/mol. The molecule has 7 heteroatoms. The van der Waals surface area contributed by atoms with E-state index in [1.54, 1.807) is 8.61 Å². The fourth-order valence-corrected chi connectivity index (χ4v) is 5.87. The summed E-state index contributed by atoms with van der Waals surface area (Å²) < 4.78 is 29.2. The zero-order valence-electron chi connectivity index (χ0n) is 13.4. The van der Waals surface area contributed by atoms with Crippen molar-refractivity contribution in [2.45, 2.75) is 58.5 Å². The number of nitrogens with two attached hydrogens (primary N) is 1. The van der Waals surface area contributed by atoms with Crippen LogP contribution in [0.15, 0.2) is 0 Å². The lowest BCUT2D eigenvalue weighted by atomic mass is 9.94. The molecule has 0 aromatic carbocycles. The minimum absolute atomic E-state index is 0. The van der Waals surface area contributed by atoms with E-state index in [1.165, 1.54) is 0 Å². The first-order valence-corrected chi connectivity index (χ1v) is 9.24. The van der Waals surface area contributed by atoms with Gasteiger partial charge in [-0.1, -0.05) is 20.3 Å². The Labute approximate surface area is 135 Å². The molecule has 2 aliphatic rings. The van der Waals surface area contributed by atoms with Crippen molar-refractivity contribution in [1.82, 2.24) is 8.61 Å². The lowest BCUT2D eigenvalue weighted by Gasteiger charge is -2.42. The predicted octanol–water partition coefficient (Wildman–Crippen LogP) is 1.83. The smallest absolute Gasteiger partial charge is 0.282 e. The Balaban J connectivity index is 0.00000220. The molecule has 0 aromatic heterocycles. The van der Waals surface area contributed by atoms with Crippen LogP contribution < -0.4 is 5.73 Å². The summed E-state index contributed by atoms with van der Waals surface area (Å²) in [5.41, 5.74) is 6.01. The van der Waals surface area contributed by atoms with Crippen molar-refractivity contribution >= 4 is 22.6 Å². The highest BCUT2D eigenvalue weighted by Crippen LogP contribution is 2.29. The molecule has 0 aromatic rings. The molecular weight excluding hydrogens is 310 g/mol. The summed E-state index contributed by atoms with van der Waals surface area (Å²) in [6, 6.07) is -0.147. The zero-order valence-corrected chi connectivity index (χ0v) is 15.0. The first-order chi connectivity index (χ1) is 9.32. The molecule has 2 rings (SSSR count). The van der Waals surface area contributed by atoms with Crippen molar-refractivity contribution in [1.29, 1.82) is 0 Å². The molecule has 21 heavy (non-hydrogen) atoms. The number of hydrogen-bond acceptors (Lipinski definition) is 3. The Hall–Kier alpha value is 0.120. The monoisotopic (exact) mass is 339 g/mol. The van der Waals surface area contributed by atoms with E-state index in [4.69, 9.17) is 5.73 Å². The Bertz CT molecular complexity index is 420. The van der Waals surface area contributed by atoms with E-state index in [0.717, 1.165) is 25.7 Å². The van der Waals surface area contributed by atoms with Gasteiger partial charge in [-0.05, 0) is 38.0 Å². The van der Waals surface area contributed by atoms with Crippen LogP contribution in [0, 0.1) is 11.8 Å². The fourth-order valence-electron chi connectivity index (χ4n) is 3.68. The third-order valence-corrected chi connectivity index (χ3v) is 6.56. The van der Waals surface area contributed by atoms with Crippen molar-refractivity contribution in [2.24, 2.45) is 17.6 Å². The standard InChI is InChI=1S/C14H29N3O2S.ClH/c1-11-8-12(2)10-16(9-11)20(18,19)17-7-5-4-6-14(17)13(3)15;/h11-14H,4-10,15H2,1-3H3;1H. The van der Waals surface area contributed by atoms with Crippen LogP contribution in [0.2, 0.25) is 0 Å². The molecule has 2 aliphatic heterocycles. The summed E-state index contributed by atoms with van der Waals surface area (Å²) in [4.78, 5) is 0. The maximum Gasteiger partial charge on any atom is 0.282 e. The van der Waals surface area contributed by atoms with Gasteiger partial charge in [0.05, 0.1) is 0 Å². The third-order valence-electron chi connectivity index (χ3n) is 4.56. The van der Waals surface area contributed by atoms with Crippen molar-refractivity contribution in [3.05, 3.63) is 0 Å². The summed E-state index contributed by atoms with van der Waals surface area (Å²) >= 11 is 0. The first-order valence-electron chi connectivity index (χ1n) is 7.85. The maximum atomic E-state index is 12.9. The highest BCUT2D eigenvalue weighted by atomic mass is 35.5. The molecule has 0 bridgehead atoms. The van der Waals surface area contributed by atoms with Crippen molar-refractivity contribution in [3.63, 3.8) is 0 Å². The van der Waals surface area contributed by atoms with Gasteiger partial charge in [0.15, 0.2) is 0 Å². The fraction of sp³-hybridized carbons (Fsp3) is 1.00. The van der Waals surface area contributed by atoms with Crippen molar-refractivity contribution < 1.29 is 8.42 Å². The highest BCUT2D eigenvalue weighted by Gasteiger charge is 2.40. The van der Waals surface area contributed by atoms with Crippen LogP contribution in [0.1, 0.15) is 46.5 Å². The van der Waals surface area contributed by atoms with Crippen LogP contribution >= 0.6 is 12.4 Å². The molecule has 4 unspecified atom stereocenters. The van der Waals surface area contributed by atoms with E-state index < -0.39 is 10.2 Å². The van der Waals surface area contributed by atoms with Gasteiger partial charge in [-0.3, -0.25) is 0 Å². The molecule has 2 fully saturated rings. The van der Waals surface area contributed by atoms with Crippen molar-refractivity contribution in [3.8, 4) is 0 Å². The van der Waals surface area contributed by atoms with E-state index in [1.807, 2.05) is 6.92 Å². The zero-order chi connectivity index (χ0) is 14.9. The SMILES string of the molecule is CC1CC(C)CN(S(=O)(=O)N2CCCCC2C(C)N)C1.Cl. The largest absolute Gasteiger partial charge is 0.326 e. The normalized spacial score (nSPS) is 34.2. The van der Waals surface area contributed by atoms with Gasteiger partial charge in [0, 0.05) is 31.7 Å². The van der Waals surface area contributed by atoms with E-state index in [0.29, 0.717) is 31.5 Å². The molecule has 0 saturated carbocycles. The second kappa shape index (κ2) is 7.59. The summed E-state index contributed by atoms with van der Waals surface area (Å²) in [5, 5.41) is 0. The molecule has 0 amide bonds. The van der Waals surface area contributed by atoms with E-state index in [2.05, 4.69) is 13.8 Å². The van der Waals surface area contributed by atoms with Gasteiger partial charge in [0.25, 0.3) is 10.2 Å². The van der Waals surface area contributed by atoms with Gasteiger partial charge in [0.1, 0.15) is 0 Å². The number of piperidine rings is 2. The first kappa shape index (κ1) is 19.2. The van der Waals surface area contributed by atoms with Crippen LogP contribution in [0.25, 0.3) is 0 Å². The quantitative estimate of drug-likeness (QED) is 0.853. The summed E-state index contributed by atoms with van der Waals surface area (Å²) in [6.07, 6.45) is 4.02. The van der Waals surface area contributed by atoms with Crippen LogP contribution in [-0.4, -0.2) is 48.7 Å². The van der Waals surface area contributed by atoms with E-state index in [-0.39, 0.29) is 24.5 Å². The molecule has 2 heterocycles. The van der Waals surface area contributed by atoms with Gasteiger partial charge in [-0.25, -0.2) is 0 Å². The minimum atomic E-state index is -3.36. The van der Waals surface area contributed by atoms with Crippen LogP contribution in [-0.2, 0) is 10.2 Å². The summed E-state index contributed by atoms with van der Waals surface area (Å²) in [5.74, 6) is 0.874. The summed E-state index contributed by atoms with van der Waals surface area (Å²) in [6.45, 7) is 8.10. The number of rotatable bonds is 3. The average Bonchev–Trinajstić information content (AvgIpc) is 2.37. The molecule has 0 spiro atoms. The lowest BCUT2D eigenvalue weighted by molar-refractivity contribution is 0.177. The molecule has 2 saturated heterocycles. The molecule has 4 atom stereocenters. The number of halogens is 1. The van der Waals surface area contributed by atoms with Gasteiger partial charge in [-0.2, -0.15) is 17.0 Å². The predicted molar refractivity (Wildman–Crippen MR) is 88.7 cm³/mol. The molecule has 126 valence electrons. The minimum Gasteiger partial charge on any atom is -0.326 e. The number of nitrogens with zero attached hydrogens (tertiary/aromatic N) is 2. The maximum absolute atomic E-state index is 12.9. The highest BCUT2D eigenvalue weighted by molar-refractivity contribution is 7.86. The van der Waals surface area contributed by atoms with Gasteiger partial charge in [-0.15, -0.1) is 12.4 Å². The molecule has 0 aliphatic carbocycles. The van der Waals surface area contributed by atoms with Gasteiger partial charge < -0.3 is 5.73 Å². The third kappa shape index (κ3) is 4.32. The summed E-state index contributed by atoms with van der Waals surface area (Å²) in [7, 11) is -3.36. The van der Waals surface area contributed by atoms with E-state index in [9.17, 15) is 8.42 Å². The Morgan fingerprint density at radius 2 is 1.71 bits per heavy atom. The molecular formula is C14H30ClN3O2S. The van der Waals surface area contributed by atoms with Crippen LogP contribution in [0.5, 0.6) is 0 Å². The van der Waals surface area contributed by atoms with Crippen LogP contribution in [0.4, 0.5) is 0 Å². The molecule has 2 N–H and O–H groups in total. The topological polar surface area (TPSA) is 66.6 Å². The Morgan fingerprint density at radius 1 is 1.14 bits per heavy atom. The van der Waals surface area contributed by atoms with Crippen LogP contribution in [0.3, 0.4) is 0 Å². The molecule has 0 radical (unpaired) electrons. The second-order valence-electron chi connectivity index (χ2n) is 6.80. The Morgan fingerprint density at radius 3 is 2.24 bits per heavy atom. The van der Waals surface area contributed by atoms with Crippen molar-refractivity contribution in [2.75, 3.05) is 19.6 Å². The second-order valence-corrected chi connectivity index (χ2v) is 8.68. The Kier molecular flexibility index (Phi) is 6.93. The number of hydrogen-bond donors (Lipinski definition) is 1. The lowest BCUT2D eigenvalue weighted by Crippen LogP contribution is -2.57.